The van der Waals surface area contributed by atoms with E-state index < -0.39 is 28.5 Å². The Labute approximate surface area is 274 Å². The van der Waals surface area contributed by atoms with Gasteiger partial charge in [-0.1, -0.05) is 77.3 Å². The molecular formula is C34H35Cl2N3O5S. The Bertz CT molecular complexity index is 1720. The van der Waals surface area contributed by atoms with Crippen molar-refractivity contribution in [3.05, 3.63) is 124 Å². The van der Waals surface area contributed by atoms with E-state index in [1.54, 1.807) is 61.5 Å². The van der Waals surface area contributed by atoms with E-state index in [0.717, 1.165) is 15.4 Å². The van der Waals surface area contributed by atoms with E-state index in [-0.39, 0.29) is 29.5 Å². The Kier molecular flexibility index (Phi) is 11.5. The Morgan fingerprint density at radius 1 is 0.867 bits per heavy atom. The van der Waals surface area contributed by atoms with E-state index in [2.05, 4.69) is 5.32 Å². The van der Waals surface area contributed by atoms with Crippen LogP contribution in [0.4, 0.5) is 5.69 Å². The number of rotatable bonds is 13. The maximum Gasteiger partial charge on any atom is 0.264 e. The Hall–Kier alpha value is -4.05. The number of carbonyl (C=O) groups excluding carboxylic acids is 2. The number of benzene rings is 4. The average molecular weight is 669 g/mol. The fourth-order valence-corrected chi connectivity index (χ4v) is 6.53. The molecule has 45 heavy (non-hydrogen) atoms. The van der Waals surface area contributed by atoms with E-state index in [1.807, 2.05) is 37.3 Å². The summed E-state index contributed by atoms with van der Waals surface area (Å²) in [5.41, 5.74) is 2.61. The van der Waals surface area contributed by atoms with Gasteiger partial charge in [0.15, 0.2) is 0 Å². The van der Waals surface area contributed by atoms with Gasteiger partial charge in [0, 0.05) is 19.5 Å². The molecule has 0 spiro atoms. The van der Waals surface area contributed by atoms with Crippen LogP contribution in [0.15, 0.2) is 102 Å². The van der Waals surface area contributed by atoms with Gasteiger partial charge < -0.3 is 15.0 Å². The van der Waals surface area contributed by atoms with Crippen molar-refractivity contribution in [2.75, 3.05) is 24.5 Å². The lowest BCUT2D eigenvalue weighted by molar-refractivity contribution is -0.140. The summed E-state index contributed by atoms with van der Waals surface area (Å²) in [5.74, 6) is -0.426. The molecule has 0 aliphatic rings. The number of ether oxygens (including phenoxy) is 1. The normalized spacial score (nSPS) is 11.8. The molecule has 0 bridgehead atoms. The van der Waals surface area contributed by atoms with Crippen molar-refractivity contribution in [2.45, 2.75) is 37.8 Å². The summed E-state index contributed by atoms with van der Waals surface area (Å²) < 4.78 is 34.5. The molecule has 11 heteroatoms. The molecule has 0 saturated carbocycles. The summed E-state index contributed by atoms with van der Waals surface area (Å²) in [6.07, 6.45) is 0.201. The van der Waals surface area contributed by atoms with Crippen molar-refractivity contribution < 1.29 is 22.7 Å². The summed E-state index contributed by atoms with van der Waals surface area (Å²) in [6, 6.07) is 26.1. The van der Waals surface area contributed by atoms with Crippen LogP contribution in [0.5, 0.6) is 5.75 Å². The molecule has 0 aliphatic heterocycles. The van der Waals surface area contributed by atoms with Crippen LogP contribution in [0.3, 0.4) is 0 Å². The van der Waals surface area contributed by atoms with Crippen molar-refractivity contribution in [1.82, 2.24) is 10.2 Å². The van der Waals surface area contributed by atoms with Crippen LogP contribution in [0.1, 0.15) is 23.6 Å². The van der Waals surface area contributed by atoms with Crippen LogP contribution < -0.4 is 14.4 Å². The van der Waals surface area contributed by atoms with Gasteiger partial charge in [0.1, 0.15) is 18.3 Å². The topological polar surface area (TPSA) is 96.0 Å². The van der Waals surface area contributed by atoms with Crippen molar-refractivity contribution in [3.63, 3.8) is 0 Å². The molecule has 236 valence electrons. The molecule has 1 atom stereocenters. The monoisotopic (exact) mass is 667 g/mol. The minimum Gasteiger partial charge on any atom is -0.497 e. The molecule has 0 saturated heterocycles. The van der Waals surface area contributed by atoms with Gasteiger partial charge in [-0.15, -0.1) is 0 Å². The van der Waals surface area contributed by atoms with Gasteiger partial charge in [0.25, 0.3) is 10.0 Å². The zero-order valence-electron chi connectivity index (χ0n) is 25.2. The maximum absolute atomic E-state index is 14.4. The molecule has 4 aromatic carbocycles. The van der Waals surface area contributed by atoms with Crippen LogP contribution >= 0.6 is 23.2 Å². The van der Waals surface area contributed by atoms with Crippen molar-refractivity contribution in [2.24, 2.45) is 0 Å². The average Bonchev–Trinajstić information content (AvgIpc) is 3.04. The highest BCUT2D eigenvalue weighted by Crippen LogP contribution is 2.28. The number of likely N-dealkylation sites (N-methyl/N-ethyl adjacent to an activating group) is 1. The molecule has 0 fully saturated rings. The number of aryl methyl sites for hydroxylation is 1. The molecule has 2 amide bonds. The van der Waals surface area contributed by atoms with Crippen LogP contribution in [0.25, 0.3) is 0 Å². The number of sulfonamides is 1. The third kappa shape index (κ3) is 8.57. The van der Waals surface area contributed by atoms with E-state index >= 15 is 0 Å². The lowest BCUT2D eigenvalue weighted by Crippen LogP contribution is -2.53. The Morgan fingerprint density at radius 3 is 2.13 bits per heavy atom. The molecule has 1 N–H and O–H groups in total. The van der Waals surface area contributed by atoms with E-state index in [4.69, 9.17) is 27.9 Å². The summed E-state index contributed by atoms with van der Waals surface area (Å²) in [7, 11) is -2.70. The lowest BCUT2D eigenvalue weighted by atomic mass is 10.0. The number of halogens is 2. The zero-order chi connectivity index (χ0) is 32.6. The van der Waals surface area contributed by atoms with Crippen LogP contribution in [-0.4, -0.2) is 51.4 Å². The first-order chi connectivity index (χ1) is 21.5. The second kappa shape index (κ2) is 15.3. The second-order valence-electron chi connectivity index (χ2n) is 10.4. The lowest BCUT2D eigenvalue weighted by Gasteiger charge is -2.34. The first-order valence-corrected chi connectivity index (χ1v) is 16.5. The molecule has 0 radical (unpaired) electrons. The predicted molar refractivity (Wildman–Crippen MR) is 178 cm³/mol. The van der Waals surface area contributed by atoms with Crippen LogP contribution in [0.2, 0.25) is 10.0 Å². The largest absolute Gasteiger partial charge is 0.497 e. The molecule has 0 heterocycles. The van der Waals surface area contributed by atoms with Gasteiger partial charge in [-0.3, -0.25) is 13.9 Å². The number of nitrogens with zero attached hydrogens (tertiary/aromatic N) is 2. The van der Waals surface area contributed by atoms with Gasteiger partial charge in [-0.2, -0.15) is 0 Å². The highest BCUT2D eigenvalue weighted by molar-refractivity contribution is 7.92. The quantitative estimate of drug-likeness (QED) is 0.181. The maximum atomic E-state index is 14.4. The number of carbonyl (C=O) groups is 2. The number of anilines is 1. The molecular weight excluding hydrogens is 633 g/mol. The molecule has 1 unspecified atom stereocenters. The molecule has 4 rings (SSSR count). The summed E-state index contributed by atoms with van der Waals surface area (Å²) in [4.78, 5) is 29.4. The highest BCUT2D eigenvalue weighted by Gasteiger charge is 2.34. The van der Waals surface area contributed by atoms with E-state index in [1.165, 1.54) is 24.1 Å². The minimum atomic E-state index is -4.21. The van der Waals surface area contributed by atoms with Gasteiger partial charge in [-0.05, 0) is 73.5 Å². The third-order valence-corrected chi connectivity index (χ3v) is 9.73. The first-order valence-electron chi connectivity index (χ1n) is 14.3. The molecule has 4 aromatic rings. The van der Waals surface area contributed by atoms with Crippen molar-refractivity contribution in [1.29, 1.82) is 0 Å². The second-order valence-corrected chi connectivity index (χ2v) is 13.1. The summed E-state index contributed by atoms with van der Waals surface area (Å²) in [5, 5.41) is 3.48. The molecule has 0 aromatic heterocycles. The zero-order valence-corrected chi connectivity index (χ0v) is 27.6. The van der Waals surface area contributed by atoms with Gasteiger partial charge in [0.05, 0.1) is 27.7 Å². The Morgan fingerprint density at radius 2 is 1.53 bits per heavy atom. The standard InChI is InChI=1S/C34H35Cl2N3O5S/c1-4-37-34(41)32(21-25-8-6-5-7-9-25)38(22-26-12-19-30(35)31(36)20-26)33(40)23-39(27-13-15-28(44-3)16-14-27)45(42,43)29-17-10-24(2)11-18-29/h5-20,32H,4,21-23H2,1-3H3,(H,37,41). The fraction of sp³-hybridized carbons (Fsp3) is 0.235. The summed E-state index contributed by atoms with van der Waals surface area (Å²) >= 11 is 12.5. The number of hydrogen-bond donors (Lipinski definition) is 1. The van der Waals surface area contributed by atoms with Crippen molar-refractivity contribution in [3.8, 4) is 5.75 Å². The fourth-order valence-electron chi connectivity index (χ4n) is 4.80. The predicted octanol–water partition coefficient (Wildman–Crippen LogP) is 6.28. The number of methoxy groups -OCH3 is 1. The van der Waals surface area contributed by atoms with Gasteiger partial charge in [-0.25, -0.2) is 8.42 Å². The first kappa shape index (κ1) is 33.8. The van der Waals surface area contributed by atoms with E-state index in [0.29, 0.717) is 27.9 Å². The van der Waals surface area contributed by atoms with Crippen LogP contribution in [0, 0.1) is 6.92 Å². The Balaban J connectivity index is 1.81. The minimum absolute atomic E-state index is 0.0224. The highest BCUT2D eigenvalue weighted by atomic mass is 35.5. The SMILES string of the molecule is CCNC(=O)C(Cc1ccccc1)N(Cc1ccc(Cl)c(Cl)c1)C(=O)CN(c1ccc(OC)cc1)S(=O)(=O)c1ccc(C)cc1. The van der Waals surface area contributed by atoms with E-state index in [9.17, 15) is 18.0 Å². The van der Waals surface area contributed by atoms with Gasteiger partial charge in [0.2, 0.25) is 11.8 Å². The number of hydrogen-bond acceptors (Lipinski definition) is 5. The van der Waals surface area contributed by atoms with Gasteiger partial charge >= 0.3 is 0 Å². The number of nitrogens with one attached hydrogen (secondary N) is 1. The number of amides is 2. The molecule has 8 nitrogen and oxygen atoms in total. The molecule has 0 aliphatic carbocycles. The van der Waals surface area contributed by atoms with Crippen LogP contribution in [-0.2, 0) is 32.6 Å². The summed E-state index contributed by atoms with van der Waals surface area (Å²) in [6.45, 7) is 3.40. The van der Waals surface area contributed by atoms with Crippen molar-refractivity contribution >= 4 is 50.7 Å². The third-order valence-electron chi connectivity index (χ3n) is 7.21. The smallest absolute Gasteiger partial charge is 0.264 e.